The predicted octanol–water partition coefficient (Wildman–Crippen LogP) is 3.04. The summed E-state index contributed by atoms with van der Waals surface area (Å²) in [6, 6.07) is 16.5. The van der Waals surface area contributed by atoms with Gasteiger partial charge in [0, 0.05) is 5.56 Å². The van der Waals surface area contributed by atoms with Crippen molar-refractivity contribution in [2.45, 2.75) is 0 Å². The largest absolute Gasteiger partial charge is 0.481 e. The molecule has 23 heavy (non-hydrogen) atoms. The zero-order chi connectivity index (χ0) is 16.1. The molecule has 0 bridgehead atoms. The molecule has 0 radical (unpaired) electrons. The second-order valence-corrected chi connectivity index (χ2v) is 4.77. The number of carbonyl (C=O) groups excluding carboxylic acids is 1. The van der Waals surface area contributed by atoms with E-state index in [1.54, 1.807) is 18.2 Å². The molecule has 0 saturated heterocycles. The van der Waals surface area contributed by atoms with E-state index in [0.717, 1.165) is 11.1 Å². The van der Waals surface area contributed by atoms with Crippen molar-refractivity contribution >= 4 is 17.9 Å². The molecule has 0 N–H and O–H groups in total. The lowest BCUT2D eigenvalue weighted by Gasteiger charge is -2.02. The average molecular weight is 303 g/mol. The lowest BCUT2D eigenvalue weighted by Crippen LogP contribution is -2.04. The summed E-state index contributed by atoms with van der Waals surface area (Å²) in [7, 11) is 0. The fourth-order valence-corrected chi connectivity index (χ4v) is 2.09. The SMILES string of the molecule is C#CCOc1cccc(/C=C2\N=C(c3ccccc3)OC2=O)c1. The first-order valence-electron chi connectivity index (χ1n) is 7.00. The predicted molar refractivity (Wildman–Crippen MR) is 87.8 cm³/mol. The Bertz CT molecular complexity index is 829. The summed E-state index contributed by atoms with van der Waals surface area (Å²) < 4.78 is 10.6. The van der Waals surface area contributed by atoms with Gasteiger partial charge in [-0.15, -0.1) is 6.42 Å². The van der Waals surface area contributed by atoms with Crippen LogP contribution in [0, 0.1) is 12.3 Å². The Kier molecular flexibility index (Phi) is 4.21. The number of benzene rings is 2. The average Bonchev–Trinajstić information content (AvgIpc) is 2.95. The lowest BCUT2D eigenvalue weighted by atomic mass is 10.2. The van der Waals surface area contributed by atoms with E-state index in [-0.39, 0.29) is 12.3 Å². The molecule has 0 aromatic heterocycles. The molecule has 3 rings (SSSR count). The van der Waals surface area contributed by atoms with Crippen LogP contribution < -0.4 is 4.74 Å². The smallest absolute Gasteiger partial charge is 0.363 e. The summed E-state index contributed by atoms with van der Waals surface area (Å²) in [5.74, 6) is 2.87. The molecule has 0 unspecified atom stereocenters. The topological polar surface area (TPSA) is 47.9 Å². The third-order valence-corrected chi connectivity index (χ3v) is 3.12. The molecule has 0 atom stereocenters. The van der Waals surface area contributed by atoms with Crippen LogP contribution in [0.2, 0.25) is 0 Å². The number of cyclic esters (lactones) is 1. The van der Waals surface area contributed by atoms with Gasteiger partial charge in [0.2, 0.25) is 5.90 Å². The Morgan fingerprint density at radius 2 is 2.00 bits per heavy atom. The molecule has 0 fully saturated rings. The molecular weight excluding hydrogens is 290 g/mol. The number of rotatable bonds is 4. The van der Waals surface area contributed by atoms with E-state index in [0.29, 0.717) is 11.6 Å². The Hall–Kier alpha value is -3.32. The highest BCUT2D eigenvalue weighted by Gasteiger charge is 2.23. The fourth-order valence-electron chi connectivity index (χ4n) is 2.09. The van der Waals surface area contributed by atoms with E-state index in [9.17, 15) is 4.79 Å². The number of hydrogen-bond donors (Lipinski definition) is 0. The minimum Gasteiger partial charge on any atom is -0.481 e. The van der Waals surface area contributed by atoms with Crippen LogP contribution >= 0.6 is 0 Å². The Labute approximate surface area is 134 Å². The quantitative estimate of drug-likeness (QED) is 0.495. The molecular formula is C19H13NO3. The summed E-state index contributed by atoms with van der Waals surface area (Å²) in [4.78, 5) is 16.2. The molecule has 0 amide bonds. The van der Waals surface area contributed by atoms with Gasteiger partial charge in [-0.3, -0.25) is 0 Å². The van der Waals surface area contributed by atoms with Gasteiger partial charge in [0.15, 0.2) is 5.70 Å². The Morgan fingerprint density at radius 3 is 2.78 bits per heavy atom. The Morgan fingerprint density at radius 1 is 1.17 bits per heavy atom. The van der Waals surface area contributed by atoms with Gasteiger partial charge in [-0.1, -0.05) is 36.3 Å². The molecule has 0 aliphatic carbocycles. The zero-order valence-corrected chi connectivity index (χ0v) is 12.2. The van der Waals surface area contributed by atoms with E-state index < -0.39 is 5.97 Å². The first kappa shape index (κ1) is 14.6. The molecule has 0 saturated carbocycles. The van der Waals surface area contributed by atoms with Crippen molar-refractivity contribution in [1.82, 2.24) is 0 Å². The van der Waals surface area contributed by atoms with Crippen LogP contribution in [0.25, 0.3) is 6.08 Å². The highest BCUT2D eigenvalue weighted by molar-refractivity contribution is 6.12. The third kappa shape index (κ3) is 3.47. The number of ether oxygens (including phenoxy) is 2. The second kappa shape index (κ2) is 6.63. The van der Waals surface area contributed by atoms with Crippen LogP contribution in [-0.4, -0.2) is 18.5 Å². The summed E-state index contributed by atoms with van der Waals surface area (Å²) in [5.41, 5.74) is 1.79. The van der Waals surface area contributed by atoms with Gasteiger partial charge < -0.3 is 9.47 Å². The van der Waals surface area contributed by atoms with Crippen molar-refractivity contribution in [3.63, 3.8) is 0 Å². The van der Waals surface area contributed by atoms with E-state index in [1.165, 1.54) is 0 Å². The van der Waals surface area contributed by atoms with E-state index in [4.69, 9.17) is 15.9 Å². The minimum absolute atomic E-state index is 0.193. The highest BCUT2D eigenvalue weighted by atomic mass is 16.6. The van der Waals surface area contributed by atoms with Crippen molar-refractivity contribution in [2.75, 3.05) is 6.61 Å². The van der Waals surface area contributed by atoms with Crippen molar-refractivity contribution in [1.29, 1.82) is 0 Å². The molecule has 1 aliphatic rings. The van der Waals surface area contributed by atoms with Crippen molar-refractivity contribution in [3.8, 4) is 18.1 Å². The maximum Gasteiger partial charge on any atom is 0.363 e. The van der Waals surface area contributed by atoms with Gasteiger partial charge >= 0.3 is 5.97 Å². The van der Waals surface area contributed by atoms with Crippen LogP contribution in [0.5, 0.6) is 5.75 Å². The van der Waals surface area contributed by atoms with E-state index >= 15 is 0 Å². The van der Waals surface area contributed by atoms with Crippen LogP contribution in [-0.2, 0) is 9.53 Å². The van der Waals surface area contributed by atoms with Crippen LogP contribution in [0.1, 0.15) is 11.1 Å². The molecule has 4 nitrogen and oxygen atoms in total. The first-order chi connectivity index (χ1) is 11.3. The maximum absolute atomic E-state index is 12.0. The molecule has 1 heterocycles. The van der Waals surface area contributed by atoms with Crippen LogP contribution in [0.3, 0.4) is 0 Å². The van der Waals surface area contributed by atoms with Gasteiger partial charge in [-0.2, -0.15) is 0 Å². The number of hydrogen-bond acceptors (Lipinski definition) is 4. The molecule has 2 aromatic rings. The third-order valence-electron chi connectivity index (χ3n) is 3.12. The van der Waals surface area contributed by atoms with Gasteiger partial charge in [0.25, 0.3) is 0 Å². The Balaban J connectivity index is 1.86. The van der Waals surface area contributed by atoms with E-state index in [1.807, 2.05) is 42.5 Å². The molecule has 4 heteroatoms. The normalized spacial score (nSPS) is 15.0. The number of terminal acetylenes is 1. The standard InChI is InChI=1S/C19H13NO3/c1-2-11-22-16-10-6-7-14(12-16)13-17-19(21)23-18(20-17)15-8-4-3-5-9-15/h1,3-10,12-13H,11H2/b17-13-. The summed E-state index contributed by atoms with van der Waals surface area (Å²) in [6.45, 7) is 0.193. The second-order valence-electron chi connectivity index (χ2n) is 4.77. The van der Waals surface area contributed by atoms with Gasteiger partial charge in [0.05, 0.1) is 0 Å². The molecule has 0 spiro atoms. The summed E-state index contributed by atoms with van der Waals surface area (Å²) in [5, 5.41) is 0. The lowest BCUT2D eigenvalue weighted by molar-refractivity contribution is -0.129. The van der Waals surface area contributed by atoms with Crippen LogP contribution in [0.4, 0.5) is 0 Å². The van der Waals surface area contributed by atoms with Crippen molar-refractivity contribution < 1.29 is 14.3 Å². The number of carbonyl (C=O) groups is 1. The van der Waals surface area contributed by atoms with Gasteiger partial charge in [-0.05, 0) is 35.9 Å². The van der Waals surface area contributed by atoms with Gasteiger partial charge in [0.1, 0.15) is 12.4 Å². The monoisotopic (exact) mass is 303 g/mol. The highest BCUT2D eigenvalue weighted by Crippen LogP contribution is 2.21. The van der Waals surface area contributed by atoms with Crippen molar-refractivity contribution in [3.05, 3.63) is 71.4 Å². The molecule has 1 aliphatic heterocycles. The number of aliphatic imine (C=N–C) groups is 1. The molecule has 2 aromatic carbocycles. The molecule has 112 valence electrons. The zero-order valence-electron chi connectivity index (χ0n) is 12.2. The number of nitrogens with zero attached hydrogens (tertiary/aromatic N) is 1. The first-order valence-corrected chi connectivity index (χ1v) is 7.00. The summed E-state index contributed by atoms with van der Waals surface area (Å²) in [6.07, 6.45) is 6.82. The minimum atomic E-state index is -0.473. The van der Waals surface area contributed by atoms with Gasteiger partial charge in [-0.25, -0.2) is 9.79 Å². The van der Waals surface area contributed by atoms with Crippen LogP contribution in [0.15, 0.2) is 65.3 Å². The van der Waals surface area contributed by atoms with E-state index in [2.05, 4.69) is 10.9 Å². The summed E-state index contributed by atoms with van der Waals surface area (Å²) >= 11 is 0. The fraction of sp³-hybridized carbons (Fsp3) is 0.0526. The van der Waals surface area contributed by atoms with Crippen molar-refractivity contribution in [2.24, 2.45) is 4.99 Å². The maximum atomic E-state index is 12.0. The number of esters is 1.